The van der Waals surface area contributed by atoms with E-state index in [0.29, 0.717) is 51.3 Å². The number of benzene rings is 3. The van der Waals surface area contributed by atoms with Gasteiger partial charge in [0.25, 0.3) is 0 Å². The lowest BCUT2D eigenvalue weighted by molar-refractivity contribution is -0.149. The van der Waals surface area contributed by atoms with Gasteiger partial charge in [-0.2, -0.15) is 0 Å². The van der Waals surface area contributed by atoms with Crippen molar-refractivity contribution in [3.63, 3.8) is 0 Å². The lowest BCUT2D eigenvalue weighted by Crippen LogP contribution is -2.62. The van der Waals surface area contributed by atoms with Crippen LogP contribution >= 0.6 is 11.8 Å². The van der Waals surface area contributed by atoms with E-state index >= 15 is 28.8 Å². The summed E-state index contributed by atoms with van der Waals surface area (Å²) in [5.74, 6) is -19.7. The summed E-state index contributed by atoms with van der Waals surface area (Å²) >= 11 is 0.735. The molecule has 3 saturated heterocycles. The molecule has 0 aliphatic carbocycles. The summed E-state index contributed by atoms with van der Waals surface area (Å²) in [5.41, 5.74) is 7.46. The fourth-order valence-corrected chi connectivity index (χ4v) is 17.0. The molecule has 0 radical (unpaired) electrons. The molecule has 3 aliphatic rings. The summed E-state index contributed by atoms with van der Waals surface area (Å²) < 4.78 is 1.39. The Balaban J connectivity index is 1.18. The Hall–Kier alpha value is -12.4. The number of rotatable bonds is 24. The summed E-state index contributed by atoms with van der Waals surface area (Å²) in [7, 11) is 3.72. The zero-order valence-electron chi connectivity index (χ0n) is 74.3. The standard InChI is InChI=1S/C87H122N18O25S/c1-9-11-21-66-80(123)97-63(43-108)79(122)99-64(75(118)90-37-70(88)111)44-131-45-71(112)91-58(31-48-25-27-51(109)28-26-48)83(126)100(6)47(5)74(117)93-60(35-72(113)114)85(128)104-29-17-24-67(104)81(124)98-62(42-107)78(121)94-57(30-46(3)4)86(129)105-39-52(110)34-69(105)82(125)92-56(32-49-36-89-55-20-15-13-18-53(49)55)76(119)96-61(41-106)77(120)95-59(84(127)102(8)68(22-12-10-2)87(130)101(66)7)33-50-38-103(40-73(115)116)65-23-16-14-19-54(50)65/h13-16,18-20,23,25-28,36,38,46-47,52,56-64,66-69,79,89,99,106-110,122H,9-12,17,21-22,24,29-35,37,39-45H2,1-8H3,(H2,88,111)(H,90,118)(H,91,112)(H,92,125)(H,93,117)(H,94,121)(H,95,120)(H,96,119)(H,97,123)(H,98,124)(H,113,114)(H,115,116)/t47-,52+,56-,57-,58-,59?,60-,61-,62-,63-,64-,66-,67-,68-,69-,79?/m0/s1. The monoisotopic (exact) mass is 1850 g/mol. The molecule has 716 valence electrons. The molecule has 16 atom stereocenters. The van der Waals surface area contributed by atoms with Crippen LogP contribution in [0.4, 0.5) is 0 Å². The van der Waals surface area contributed by atoms with Gasteiger partial charge in [-0.15, -0.1) is 11.8 Å². The Labute approximate surface area is 759 Å². The largest absolute Gasteiger partial charge is 0.508 e. The van der Waals surface area contributed by atoms with E-state index in [0.717, 1.165) is 36.3 Å². The van der Waals surface area contributed by atoms with E-state index in [1.807, 2.05) is 0 Å². The number of carbonyl (C=O) groups is 17. The lowest BCUT2D eigenvalue weighted by atomic mass is 10.00. The van der Waals surface area contributed by atoms with E-state index in [-0.39, 0.29) is 70.1 Å². The minimum Gasteiger partial charge on any atom is -0.508 e. The van der Waals surface area contributed by atoms with E-state index in [1.54, 1.807) is 82.4 Å². The van der Waals surface area contributed by atoms with Crippen molar-refractivity contribution in [2.24, 2.45) is 11.7 Å². The molecule has 21 N–H and O–H groups in total. The number of H-pyrrole nitrogens is 1. The number of fused-ring (bicyclic) bond motifs is 4. The fraction of sp³-hybridized carbons (Fsp3) is 0.552. The third-order valence-corrected chi connectivity index (χ3v) is 24.4. The highest BCUT2D eigenvalue weighted by molar-refractivity contribution is 8.00. The number of aliphatic hydroxyl groups excluding tert-OH is 5. The van der Waals surface area contributed by atoms with Crippen LogP contribution in [-0.4, -0.2) is 344 Å². The van der Waals surface area contributed by atoms with Gasteiger partial charge in [-0.05, 0) is 85.9 Å². The highest BCUT2D eigenvalue weighted by Gasteiger charge is 2.47. The van der Waals surface area contributed by atoms with Gasteiger partial charge in [0, 0.05) is 99.9 Å². The molecule has 0 saturated carbocycles. The number of carboxylic acids is 2. The molecule has 43 nitrogen and oxygen atoms in total. The number of phenolic OH excluding ortho intramolecular Hbond substituents is 1. The molecule has 8 rings (SSSR count). The zero-order chi connectivity index (χ0) is 96.4. The molecule has 5 heterocycles. The average Bonchev–Trinajstić information content (AvgIpc) is 1.10. The van der Waals surface area contributed by atoms with Gasteiger partial charge < -0.3 is 128 Å². The quantitative estimate of drug-likeness (QED) is 0.0278. The predicted octanol–water partition coefficient (Wildman–Crippen LogP) is -4.22. The normalized spacial score (nSPS) is 25.8. The van der Waals surface area contributed by atoms with Gasteiger partial charge in [-0.3, -0.25) is 86.8 Å². The van der Waals surface area contributed by atoms with E-state index in [1.165, 1.54) is 63.1 Å². The van der Waals surface area contributed by atoms with E-state index in [9.17, 15) is 93.6 Å². The topological polar surface area (TPSA) is 635 Å². The first kappa shape index (κ1) is 104. The first-order chi connectivity index (χ1) is 62.2. The van der Waals surface area contributed by atoms with Gasteiger partial charge in [0.05, 0.1) is 56.7 Å². The predicted molar refractivity (Wildman–Crippen MR) is 473 cm³/mol. The molecule has 3 fully saturated rings. The molecule has 5 aromatic rings. The number of aliphatic hydroxyl groups is 5. The van der Waals surface area contributed by atoms with Gasteiger partial charge in [0.15, 0.2) is 0 Å². The number of nitrogens with one attached hydrogen (secondary N) is 11. The Morgan fingerprint density at radius 3 is 1.76 bits per heavy atom. The van der Waals surface area contributed by atoms with Crippen LogP contribution in [0.25, 0.3) is 21.8 Å². The number of hydrogen-bond donors (Lipinski definition) is 20. The van der Waals surface area contributed by atoms with Crippen molar-refractivity contribution in [1.82, 2.24) is 87.2 Å². The van der Waals surface area contributed by atoms with Gasteiger partial charge in [0.1, 0.15) is 91.0 Å². The molecule has 2 unspecified atom stereocenters. The first-order valence-corrected chi connectivity index (χ1v) is 44.6. The molecule has 131 heavy (non-hydrogen) atoms. The number of unbranched alkanes of at least 4 members (excludes halogenated alkanes) is 2. The first-order valence-electron chi connectivity index (χ1n) is 43.5. The highest BCUT2D eigenvalue weighted by atomic mass is 32.2. The van der Waals surface area contributed by atoms with Crippen LogP contribution in [0.5, 0.6) is 5.75 Å². The molecule has 3 aromatic carbocycles. The maximum atomic E-state index is 15.8. The number of aromatic amines is 1. The molecule has 3 aliphatic heterocycles. The van der Waals surface area contributed by atoms with Crippen LogP contribution in [0.2, 0.25) is 0 Å². The minimum atomic E-state index is -2.06. The van der Waals surface area contributed by atoms with Crippen molar-refractivity contribution in [3.8, 4) is 5.75 Å². The Morgan fingerprint density at radius 2 is 1.13 bits per heavy atom. The van der Waals surface area contributed by atoms with Crippen molar-refractivity contribution in [3.05, 3.63) is 102 Å². The molecule has 0 spiro atoms. The average molecular weight is 1850 g/mol. The van der Waals surface area contributed by atoms with Crippen LogP contribution in [0.15, 0.2) is 85.2 Å². The number of phenols is 1. The third-order valence-electron chi connectivity index (χ3n) is 23.3. The summed E-state index contributed by atoms with van der Waals surface area (Å²) in [6, 6.07) is -4.35. The number of nitrogens with zero attached hydrogens (tertiary/aromatic N) is 6. The second-order valence-corrected chi connectivity index (χ2v) is 34.5. The molecule has 0 bridgehead atoms. The minimum absolute atomic E-state index is 0.0683. The van der Waals surface area contributed by atoms with Crippen molar-refractivity contribution < 1.29 is 122 Å². The van der Waals surface area contributed by atoms with Crippen LogP contribution in [0.3, 0.4) is 0 Å². The summed E-state index contributed by atoms with van der Waals surface area (Å²) in [5, 5.41) is 113. The Kier molecular flexibility index (Phi) is 38.9. The lowest BCUT2D eigenvalue weighted by Gasteiger charge is -2.37. The second kappa shape index (κ2) is 49.0. The third kappa shape index (κ3) is 28.3. The number of hydrogen-bond acceptors (Lipinski definition) is 25. The number of carbonyl (C=O) groups excluding carboxylic acids is 15. The van der Waals surface area contributed by atoms with E-state index < -0.39 is 274 Å². The maximum absolute atomic E-state index is 15.8. The summed E-state index contributed by atoms with van der Waals surface area (Å²) in [4.78, 5) is 252. The van der Waals surface area contributed by atoms with Gasteiger partial charge >= 0.3 is 11.9 Å². The number of carboxylic acid groups (broad SMARTS) is 2. The van der Waals surface area contributed by atoms with Gasteiger partial charge in [-0.1, -0.05) is 102 Å². The van der Waals surface area contributed by atoms with Crippen LogP contribution in [0, 0.1) is 5.92 Å². The molecule has 44 heteroatoms. The summed E-state index contributed by atoms with van der Waals surface area (Å²) in [6.45, 7) is 2.83. The number of nitrogens with two attached hydrogens (primary N) is 1. The van der Waals surface area contributed by atoms with Crippen LogP contribution in [0.1, 0.15) is 122 Å². The Bertz CT molecular complexity index is 4920. The van der Waals surface area contributed by atoms with Crippen LogP contribution < -0.4 is 58.9 Å². The SMILES string of the molecule is CCCC[C@H]1C(=O)N(C)[C@@H](CCCC)C(=O)N[C@@H](CO)C(O)N[C@H](C(=O)NCC(N)=O)CSCC(=O)N[C@@H](Cc2ccc(O)cc2)C(=O)N(C)[C@@H](C)C(=O)N[C@@H](CC(=O)O)C(=O)N2CCC[C@H]2C(=O)N[C@@H](CO)C(=O)N[C@@H](CC(C)C)C(=O)N2C[C@H](O)C[C@H]2C(=O)N[C@@H](Cc2c[nH]c3ccccc23)C(=O)N[C@@H](CO)C(=O)NC(Cc2cn(CC(=O)O)c3ccccc23)C(=O)N1C. The molecular weight excluding hydrogens is 1730 g/mol. The molecule has 15 amide bonds. The van der Waals surface area contributed by atoms with E-state index in [2.05, 4.69) is 58.2 Å². The highest BCUT2D eigenvalue weighted by Crippen LogP contribution is 2.29. The number of aromatic hydroxyl groups is 1. The second-order valence-electron chi connectivity index (χ2n) is 33.5. The molecular formula is C87H122N18O25S. The van der Waals surface area contributed by atoms with Gasteiger partial charge in [0.2, 0.25) is 88.6 Å². The van der Waals surface area contributed by atoms with Crippen molar-refractivity contribution in [2.45, 2.75) is 228 Å². The number of amides is 15. The zero-order valence-corrected chi connectivity index (χ0v) is 75.2. The van der Waals surface area contributed by atoms with E-state index in [4.69, 9.17) is 5.73 Å². The smallest absolute Gasteiger partial charge is 0.323 e. The van der Waals surface area contributed by atoms with Crippen LogP contribution in [-0.2, 0) is 107 Å². The number of likely N-dealkylation sites (N-methyl/N-ethyl adjacent to an activating group) is 3. The number of primary amides is 1. The number of aromatic nitrogens is 2. The fourth-order valence-electron chi connectivity index (χ4n) is 16.1. The molecule has 2 aromatic heterocycles. The maximum Gasteiger partial charge on any atom is 0.323 e. The van der Waals surface area contributed by atoms with Crippen molar-refractivity contribution in [1.29, 1.82) is 0 Å². The van der Waals surface area contributed by atoms with Crippen molar-refractivity contribution >= 4 is 134 Å². The number of para-hydroxylation sites is 2. The van der Waals surface area contributed by atoms with Crippen molar-refractivity contribution in [2.75, 3.05) is 72.1 Å². The van der Waals surface area contributed by atoms with Gasteiger partial charge in [-0.25, -0.2) is 0 Å². The Morgan fingerprint density at radius 1 is 0.573 bits per heavy atom. The summed E-state index contributed by atoms with van der Waals surface area (Å²) in [6.07, 6.45) is -1.92. The number of thioether (sulfide) groups is 1. The number of aliphatic carboxylic acids is 2.